The first-order valence-electron chi connectivity index (χ1n) is 7.39. The summed E-state index contributed by atoms with van der Waals surface area (Å²) in [6, 6.07) is 4.50. The molecule has 22 heavy (non-hydrogen) atoms. The molecule has 0 bridgehead atoms. The van der Waals surface area contributed by atoms with Crippen molar-refractivity contribution in [2.24, 2.45) is 5.92 Å². The van der Waals surface area contributed by atoms with Gasteiger partial charge in [0.2, 0.25) is 0 Å². The first-order valence-corrected chi connectivity index (χ1v) is 7.39. The molecule has 0 spiro atoms. The van der Waals surface area contributed by atoms with Crippen molar-refractivity contribution in [1.29, 1.82) is 5.26 Å². The third kappa shape index (κ3) is 5.32. The van der Waals surface area contributed by atoms with Crippen LogP contribution in [0.15, 0.2) is 18.2 Å². The van der Waals surface area contributed by atoms with Gasteiger partial charge in [0.05, 0.1) is 18.2 Å². The summed E-state index contributed by atoms with van der Waals surface area (Å²) in [7, 11) is 0. The maximum absolute atomic E-state index is 13.6. The van der Waals surface area contributed by atoms with Crippen molar-refractivity contribution in [3.63, 3.8) is 0 Å². The predicted octanol–water partition coefficient (Wildman–Crippen LogP) is 4.15. The van der Waals surface area contributed by atoms with Crippen molar-refractivity contribution in [1.82, 2.24) is 4.90 Å². The lowest BCUT2D eigenvalue weighted by Gasteiger charge is -2.26. The Morgan fingerprint density at radius 1 is 1.36 bits per heavy atom. The molecule has 0 fully saturated rings. The van der Waals surface area contributed by atoms with Crippen LogP contribution >= 0.6 is 0 Å². The molecular weight excluding hydrogens is 288 g/mol. The van der Waals surface area contributed by atoms with Gasteiger partial charge in [0.15, 0.2) is 0 Å². The molecule has 120 valence electrons. The van der Waals surface area contributed by atoms with Crippen LogP contribution < -0.4 is 5.32 Å². The fourth-order valence-electron chi connectivity index (χ4n) is 2.10. The molecule has 0 heterocycles. The van der Waals surface area contributed by atoms with Gasteiger partial charge in [0, 0.05) is 19.2 Å². The van der Waals surface area contributed by atoms with E-state index in [2.05, 4.69) is 5.32 Å². The van der Waals surface area contributed by atoms with Gasteiger partial charge in [-0.05, 0) is 18.1 Å². The quantitative estimate of drug-likeness (QED) is 0.822. The van der Waals surface area contributed by atoms with Crippen molar-refractivity contribution in [2.75, 3.05) is 18.4 Å². The maximum atomic E-state index is 13.6. The highest BCUT2D eigenvalue weighted by Gasteiger charge is 2.18. The number of carbonyl (C=O) groups is 1. The van der Waals surface area contributed by atoms with E-state index in [4.69, 9.17) is 5.26 Å². The molecule has 0 aliphatic rings. The van der Waals surface area contributed by atoms with E-state index in [-0.39, 0.29) is 18.7 Å². The van der Waals surface area contributed by atoms with E-state index in [1.54, 1.807) is 0 Å². The number of nitrogens with zero attached hydrogens (tertiary/aromatic N) is 2. The van der Waals surface area contributed by atoms with E-state index in [9.17, 15) is 13.6 Å². The molecule has 0 unspecified atom stereocenters. The molecule has 2 amide bonds. The average Bonchev–Trinajstić information content (AvgIpc) is 2.50. The van der Waals surface area contributed by atoms with Crippen LogP contribution in [0.3, 0.4) is 0 Å². The second-order valence-electron chi connectivity index (χ2n) is 5.09. The Kier molecular flexibility index (Phi) is 7.30. The molecule has 0 aliphatic heterocycles. The summed E-state index contributed by atoms with van der Waals surface area (Å²) in [5, 5.41) is 11.1. The molecular formula is C16H21F2N3O. The van der Waals surface area contributed by atoms with Crippen molar-refractivity contribution in [2.45, 2.75) is 33.1 Å². The normalized spacial score (nSPS) is 10.4. The second kappa shape index (κ2) is 8.98. The summed E-state index contributed by atoms with van der Waals surface area (Å²) in [6.45, 7) is 4.85. The summed E-state index contributed by atoms with van der Waals surface area (Å²) in [4.78, 5) is 13.8. The van der Waals surface area contributed by atoms with E-state index >= 15 is 0 Å². The molecule has 1 aromatic rings. The Labute approximate surface area is 129 Å². The summed E-state index contributed by atoms with van der Waals surface area (Å²) in [5.41, 5.74) is -0.0714. The monoisotopic (exact) mass is 309 g/mol. The molecule has 0 radical (unpaired) electrons. The topological polar surface area (TPSA) is 56.1 Å². The van der Waals surface area contributed by atoms with Crippen molar-refractivity contribution in [3.05, 3.63) is 29.8 Å². The first kappa shape index (κ1) is 17.9. The fraction of sp³-hybridized carbons (Fsp3) is 0.500. The van der Waals surface area contributed by atoms with Crippen LogP contribution in [-0.4, -0.2) is 24.0 Å². The number of anilines is 1. The molecule has 0 saturated heterocycles. The Bertz CT molecular complexity index is 539. The second-order valence-corrected chi connectivity index (χ2v) is 5.09. The standard InChI is InChI=1S/C16H21F2N3O/c1-3-12(4-2)11-21(9-5-8-19)16(22)20-15-7-6-13(17)10-14(15)18/h6-7,10,12H,3-5,9,11H2,1-2H3,(H,20,22). The third-order valence-corrected chi connectivity index (χ3v) is 3.59. The summed E-state index contributed by atoms with van der Waals surface area (Å²) in [5.74, 6) is -1.20. The van der Waals surface area contributed by atoms with Crippen molar-refractivity contribution in [3.8, 4) is 6.07 Å². The lowest BCUT2D eigenvalue weighted by Crippen LogP contribution is -2.39. The highest BCUT2D eigenvalue weighted by Crippen LogP contribution is 2.17. The minimum Gasteiger partial charge on any atom is -0.323 e. The Morgan fingerprint density at radius 2 is 2.05 bits per heavy atom. The average molecular weight is 309 g/mol. The zero-order chi connectivity index (χ0) is 16.5. The minimum atomic E-state index is -0.823. The number of hydrogen-bond acceptors (Lipinski definition) is 2. The van der Waals surface area contributed by atoms with Gasteiger partial charge >= 0.3 is 6.03 Å². The van der Waals surface area contributed by atoms with Crippen LogP contribution in [0, 0.1) is 28.9 Å². The summed E-state index contributed by atoms with van der Waals surface area (Å²) >= 11 is 0. The zero-order valence-corrected chi connectivity index (χ0v) is 12.9. The Morgan fingerprint density at radius 3 is 2.59 bits per heavy atom. The number of hydrogen-bond donors (Lipinski definition) is 1. The van der Waals surface area contributed by atoms with E-state index < -0.39 is 17.7 Å². The molecule has 1 N–H and O–H groups in total. The molecule has 0 aromatic heterocycles. The van der Waals surface area contributed by atoms with Gasteiger partial charge in [-0.3, -0.25) is 0 Å². The first-order chi connectivity index (χ1) is 10.5. The number of nitriles is 1. The molecule has 4 nitrogen and oxygen atoms in total. The highest BCUT2D eigenvalue weighted by atomic mass is 19.1. The molecule has 6 heteroatoms. The van der Waals surface area contributed by atoms with Gasteiger partial charge in [-0.1, -0.05) is 26.7 Å². The van der Waals surface area contributed by atoms with Crippen LogP contribution in [0.1, 0.15) is 33.1 Å². The summed E-state index contributed by atoms with van der Waals surface area (Å²) in [6.07, 6.45) is 2.04. The van der Waals surface area contributed by atoms with Gasteiger partial charge in [-0.25, -0.2) is 13.6 Å². The summed E-state index contributed by atoms with van der Waals surface area (Å²) < 4.78 is 26.5. The lowest BCUT2D eigenvalue weighted by atomic mass is 10.0. The van der Waals surface area contributed by atoms with Gasteiger partial charge in [-0.15, -0.1) is 0 Å². The van der Waals surface area contributed by atoms with Crippen molar-refractivity contribution >= 4 is 11.7 Å². The smallest absolute Gasteiger partial charge is 0.321 e. The van der Waals surface area contributed by atoms with E-state index in [0.29, 0.717) is 12.5 Å². The van der Waals surface area contributed by atoms with Crippen LogP contribution in [0.4, 0.5) is 19.3 Å². The Hall–Kier alpha value is -2.16. The van der Waals surface area contributed by atoms with Gasteiger partial charge in [-0.2, -0.15) is 5.26 Å². The van der Waals surface area contributed by atoms with Crippen molar-refractivity contribution < 1.29 is 13.6 Å². The third-order valence-electron chi connectivity index (χ3n) is 3.59. The predicted molar refractivity (Wildman–Crippen MR) is 81.3 cm³/mol. The number of halogens is 2. The van der Waals surface area contributed by atoms with Crippen LogP contribution in [-0.2, 0) is 0 Å². The lowest BCUT2D eigenvalue weighted by molar-refractivity contribution is 0.200. The minimum absolute atomic E-state index is 0.0714. The number of benzene rings is 1. The number of rotatable bonds is 7. The van der Waals surface area contributed by atoms with Gasteiger partial charge in [0.1, 0.15) is 11.6 Å². The zero-order valence-electron chi connectivity index (χ0n) is 12.9. The van der Waals surface area contributed by atoms with E-state index in [1.165, 1.54) is 11.0 Å². The number of urea groups is 1. The highest BCUT2D eigenvalue weighted by molar-refractivity contribution is 5.89. The maximum Gasteiger partial charge on any atom is 0.321 e. The van der Waals surface area contributed by atoms with Crippen LogP contribution in [0.25, 0.3) is 0 Å². The number of nitrogens with one attached hydrogen (secondary N) is 1. The molecule has 0 atom stereocenters. The van der Waals surface area contributed by atoms with Crippen LogP contribution in [0.2, 0.25) is 0 Å². The van der Waals surface area contributed by atoms with Gasteiger partial charge < -0.3 is 10.2 Å². The number of amides is 2. The van der Waals surface area contributed by atoms with E-state index in [0.717, 1.165) is 25.0 Å². The molecule has 0 aliphatic carbocycles. The van der Waals surface area contributed by atoms with E-state index in [1.807, 2.05) is 19.9 Å². The molecule has 1 aromatic carbocycles. The van der Waals surface area contributed by atoms with Crippen LogP contribution in [0.5, 0.6) is 0 Å². The Balaban J connectivity index is 2.80. The fourth-order valence-corrected chi connectivity index (χ4v) is 2.10. The number of carbonyl (C=O) groups excluding carboxylic acids is 1. The molecule has 1 rings (SSSR count). The largest absolute Gasteiger partial charge is 0.323 e. The molecule has 0 saturated carbocycles. The SMILES string of the molecule is CCC(CC)CN(CCC#N)C(=O)Nc1ccc(F)cc1F. The van der Waals surface area contributed by atoms with Gasteiger partial charge in [0.25, 0.3) is 0 Å².